The number of nitro groups is 2. The Morgan fingerprint density at radius 3 is 0.674 bits per heavy atom. The molecule has 39 heteroatoms. The summed E-state index contributed by atoms with van der Waals surface area (Å²) in [5.74, 6) is -12.7. The Labute approximate surface area is 810 Å². The maximum Gasteiger partial charge on any atom is 0.336 e. The second kappa shape index (κ2) is 50.3. The summed E-state index contributed by atoms with van der Waals surface area (Å²) in [6, 6.07) is 38.3. The predicted molar refractivity (Wildman–Crippen MR) is 504 cm³/mol. The average Bonchev–Trinajstić information content (AvgIpc) is 0.827. The van der Waals surface area contributed by atoms with Crippen LogP contribution in [0.3, 0.4) is 0 Å². The molecule has 0 aromatic heterocycles. The summed E-state index contributed by atoms with van der Waals surface area (Å²) in [4.78, 5) is 168. The molecule has 6 aromatic rings. The summed E-state index contributed by atoms with van der Waals surface area (Å²) in [5.41, 5.74) is 12.8. The number of ether oxygens (including phenoxy) is 12. The van der Waals surface area contributed by atoms with E-state index in [0.717, 1.165) is 5.56 Å². The molecule has 12 rings (SSSR count). The fraction of sp³-hybridized carbons (Fsp3) is 0.294. The Morgan fingerprint density at radius 1 is 0.227 bits per heavy atom. The van der Waals surface area contributed by atoms with Crippen molar-refractivity contribution in [1.29, 1.82) is 0 Å². The lowest BCUT2D eigenvalue weighted by molar-refractivity contribution is -0.385. The number of carbonyl (C=O) groups excluding carboxylic acids is 12. The van der Waals surface area contributed by atoms with Gasteiger partial charge in [-0.3, -0.25) is 20.2 Å². The minimum absolute atomic E-state index is 0.0849. The number of non-ortho nitro benzene ring substituents is 2. The van der Waals surface area contributed by atoms with Crippen LogP contribution in [-0.4, -0.2) is 167 Å². The molecule has 0 saturated heterocycles. The van der Waals surface area contributed by atoms with Crippen LogP contribution in [0.4, 0.5) is 24.5 Å². The molecule has 746 valence electrons. The van der Waals surface area contributed by atoms with E-state index in [0.29, 0.717) is 113 Å². The third-order valence-electron chi connectivity index (χ3n) is 23.0. The number of hydrogen-bond acceptors (Lipinski definition) is 34. The van der Waals surface area contributed by atoms with Crippen LogP contribution in [0.1, 0.15) is 152 Å². The Kier molecular flexibility index (Phi) is 39.7. The zero-order chi connectivity index (χ0) is 105. The molecule has 0 atom stereocenters. The monoisotopic (exact) mass is 1950 g/mol. The Bertz CT molecular complexity index is 6140. The topological polar surface area (TPSA) is 474 Å². The van der Waals surface area contributed by atoms with Gasteiger partial charge in [-0.15, -0.1) is 0 Å². The number of halogens is 3. The van der Waals surface area contributed by atoms with E-state index in [9.17, 15) is 90.9 Å². The van der Waals surface area contributed by atoms with Crippen molar-refractivity contribution < 1.29 is 137 Å². The smallest absolute Gasteiger partial charge is 0.336 e. The van der Waals surface area contributed by atoms with Gasteiger partial charge in [0, 0.05) is 98.2 Å². The average molecular weight is 1950 g/mol. The lowest BCUT2D eigenvalue weighted by Crippen LogP contribution is -2.32. The van der Waals surface area contributed by atoms with Gasteiger partial charge in [-0.25, -0.2) is 70.7 Å². The summed E-state index contributed by atoms with van der Waals surface area (Å²) in [6.45, 7) is 20.5. The molecule has 141 heavy (non-hydrogen) atoms. The Hall–Kier alpha value is -16.8. The summed E-state index contributed by atoms with van der Waals surface area (Å²) >= 11 is 0. The fourth-order valence-corrected chi connectivity index (χ4v) is 16.8. The molecular weight excluding hydrogens is 1840 g/mol. The zero-order valence-electron chi connectivity index (χ0n) is 81.9. The van der Waals surface area contributed by atoms with E-state index in [1.165, 1.54) is 182 Å². The van der Waals surface area contributed by atoms with Crippen LogP contribution in [0.5, 0.6) is 0 Å². The van der Waals surface area contributed by atoms with E-state index in [1.54, 1.807) is 107 Å². The molecule has 0 saturated carbocycles. The van der Waals surface area contributed by atoms with E-state index >= 15 is 0 Å². The summed E-state index contributed by atoms with van der Waals surface area (Å²) < 4.78 is 99.4. The van der Waals surface area contributed by atoms with Crippen molar-refractivity contribution in [3.8, 4) is 0 Å². The molecule has 6 aliphatic rings. The zero-order valence-corrected chi connectivity index (χ0v) is 81.9. The molecule has 0 bridgehead atoms. The number of allylic oxidation sites excluding steroid dienone is 12. The van der Waals surface area contributed by atoms with Crippen LogP contribution < -0.4 is 31.9 Å². The van der Waals surface area contributed by atoms with E-state index in [2.05, 4.69) is 31.9 Å². The number of carbonyl (C=O) groups is 12. The van der Waals surface area contributed by atoms with Crippen molar-refractivity contribution in [2.75, 3.05) is 85.3 Å². The summed E-state index contributed by atoms with van der Waals surface area (Å²) in [6.07, 6.45) is 0. The molecule has 0 amide bonds. The van der Waals surface area contributed by atoms with Crippen LogP contribution >= 0.6 is 0 Å². The normalized spacial score (nSPS) is 15.2. The lowest BCUT2D eigenvalue weighted by atomic mass is 9.80. The van der Waals surface area contributed by atoms with Gasteiger partial charge in [-0.1, -0.05) is 97.1 Å². The number of rotatable bonds is 20. The van der Waals surface area contributed by atoms with E-state index in [-0.39, 0.29) is 61.5 Å². The van der Waals surface area contributed by atoms with Crippen LogP contribution in [0.15, 0.2) is 287 Å². The van der Waals surface area contributed by atoms with Crippen molar-refractivity contribution >= 4 is 83.0 Å². The van der Waals surface area contributed by atoms with Crippen molar-refractivity contribution in [1.82, 2.24) is 31.9 Å². The number of nitro benzene ring substituents is 2. The minimum atomic E-state index is -0.891. The molecular formula is C102H109F3N8O28. The predicted octanol–water partition coefficient (Wildman–Crippen LogP) is 13.8. The van der Waals surface area contributed by atoms with Gasteiger partial charge in [0.2, 0.25) is 0 Å². The molecule has 0 unspecified atom stereocenters. The second-order valence-corrected chi connectivity index (χ2v) is 31.5. The summed E-state index contributed by atoms with van der Waals surface area (Å²) in [5, 5.41) is 39.9. The third-order valence-corrected chi connectivity index (χ3v) is 23.0. The fourth-order valence-electron chi connectivity index (χ4n) is 16.8. The number of hydrogen-bond donors (Lipinski definition) is 6. The third kappa shape index (κ3) is 25.6. The molecule has 6 aromatic carbocycles. The minimum Gasteiger partial charge on any atom is -0.466 e. The van der Waals surface area contributed by atoms with Crippen molar-refractivity contribution in [3.05, 3.63) is 358 Å². The highest BCUT2D eigenvalue weighted by atomic mass is 19.1. The Morgan fingerprint density at radius 2 is 0.433 bits per heavy atom. The second-order valence-electron chi connectivity index (χ2n) is 31.5. The first-order valence-electron chi connectivity index (χ1n) is 42.8. The first kappa shape index (κ1) is 111. The van der Waals surface area contributed by atoms with Gasteiger partial charge < -0.3 is 88.7 Å². The van der Waals surface area contributed by atoms with Gasteiger partial charge in [0.05, 0.1) is 198 Å². The lowest BCUT2D eigenvalue weighted by Gasteiger charge is -2.30. The van der Waals surface area contributed by atoms with E-state index in [1.807, 2.05) is 30.3 Å². The SMILES string of the molecule is COC(=O)C1=C(C)NC(C)=C(C(=O)OC)C1c1ccc(F)cc1.COC(=O)C1=C(C)NC(C)=C(C(=O)OC)C1c1ccc([N+](=O)[O-])cc1.COC(=O)C1=C(C)NC(C)=C(C(=O)OC)C1c1cccc(F)c1.COC(=O)C1=C(C)NC(C)=C(C(=O)OC)C1c1cccc([N+](=O)[O-])c1.COC(=O)C1=C(C)NC(C)=C(C(=O)OC)C1c1ccccc1.COC(=O)C1=C(C)NC(C)=C(C(=O)OC)C1c1ccccc1F. The molecule has 0 radical (unpaired) electrons. The van der Waals surface area contributed by atoms with Crippen LogP contribution in [0.25, 0.3) is 0 Å². The van der Waals surface area contributed by atoms with Crippen LogP contribution in [-0.2, 0) is 114 Å². The quantitative estimate of drug-likeness (QED) is 0.0179. The first-order valence-corrected chi connectivity index (χ1v) is 42.8. The van der Waals surface area contributed by atoms with Gasteiger partial charge in [-0.2, -0.15) is 0 Å². The van der Waals surface area contributed by atoms with Gasteiger partial charge in [0.15, 0.2) is 0 Å². The number of nitrogens with one attached hydrogen (secondary N) is 6. The number of dihydropyridines is 6. The molecule has 0 fully saturated rings. The molecule has 0 aliphatic carbocycles. The van der Waals surface area contributed by atoms with Crippen molar-refractivity contribution in [2.45, 2.75) is 119 Å². The largest absolute Gasteiger partial charge is 0.466 e. The molecule has 36 nitrogen and oxygen atoms in total. The van der Waals surface area contributed by atoms with Gasteiger partial charge in [0.25, 0.3) is 11.4 Å². The highest BCUT2D eigenvalue weighted by molar-refractivity contribution is 6.05. The van der Waals surface area contributed by atoms with Crippen molar-refractivity contribution in [2.24, 2.45) is 0 Å². The molecule has 6 N–H and O–H groups in total. The number of methoxy groups -OCH3 is 12. The molecule has 0 spiro atoms. The summed E-state index contributed by atoms with van der Waals surface area (Å²) in [7, 11) is 15.2. The Balaban J connectivity index is 0.000000230. The van der Waals surface area contributed by atoms with Crippen molar-refractivity contribution in [3.63, 3.8) is 0 Å². The van der Waals surface area contributed by atoms with Gasteiger partial charge >= 0.3 is 71.6 Å². The maximum absolute atomic E-state index is 14.3. The molecule has 6 heterocycles. The number of benzene rings is 6. The van der Waals surface area contributed by atoms with Gasteiger partial charge in [-0.05, 0) is 141 Å². The maximum atomic E-state index is 14.3. The number of esters is 12. The highest BCUT2D eigenvalue weighted by Crippen LogP contribution is 2.47. The number of nitrogens with zero attached hydrogens (tertiary/aromatic N) is 2. The molecule has 6 aliphatic heterocycles. The van der Waals surface area contributed by atoms with Crippen LogP contribution in [0, 0.1) is 37.7 Å². The van der Waals surface area contributed by atoms with E-state index < -0.39 is 134 Å². The first-order chi connectivity index (χ1) is 66.8. The van der Waals surface area contributed by atoms with Gasteiger partial charge in [0.1, 0.15) is 17.5 Å². The van der Waals surface area contributed by atoms with E-state index in [4.69, 9.17) is 56.8 Å². The standard InChI is InChI=1S/3C17H18FNO4.2C17H18N2O6.C17H19NO4/c1-9-13(16(20)22-3)15(11-5-7-12(18)8-6-11)14(10(2)19-9)17(21)23-4;1-9-13(16(20)22-3)15(11-6-5-7-12(18)8-11)14(10(2)19-9)17(21)23-4;1-9-13(16(20)22-3)15(11-7-5-6-8-12(11)18)14(10(2)19-9)17(21)23-4;1-9-13(16(20)24-3)15(14(10(2)18-9)17(21)25-4)11-5-7-12(8-6-11)19(22)23;1-9-13(16(20)24-3)15(14(10(2)18-9)17(21)25-4)11-6-5-7-12(8-11)19(22)23;1-10-13(16(19)21-3)15(12-8-6-5-7-9-12)14(11(2)18-10)17(20)22-4/h3*5-8,15,19H,1-4H3;2*5-8,15,18H,1-4H3;5-9,15,18H,1-4H3. The van der Waals surface area contributed by atoms with Crippen LogP contribution in [0.2, 0.25) is 0 Å². The highest BCUT2D eigenvalue weighted by Gasteiger charge is 2.45.